The van der Waals surface area contributed by atoms with Crippen LogP contribution in [0.25, 0.3) is 0 Å². The number of piperidine rings is 1. The normalized spacial score (nSPS) is 26.6. The second-order valence-electron chi connectivity index (χ2n) is 2.70. The van der Waals surface area contributed by atoms with Crippen molar-refractivity contribution < 1.29 is 4.79 Å². The molecule has 1 unspecified atom stereocenters. The van der Waals surface area contributed by atoms with E-state index in [1.165, 1.54) is 0 Å². The van der Waals surface area contributed by atoms with Crippen molar-refractivity contribution in [1.82, 2.24) is 4.81 Å². The second-order valence-corrected chi connectivity index (χ2v) is 2.70. The molecule has 1 rings (SSSR count). The molecule has 0 aromatic heterocycles. The molecule has 1 saturated heterocycles. The molecule has 0 saturated carbocycles. The van der Waals surface area contributed by atoms with Crippen LogP contribution in [0.4, 0.5) is 0 Å². The van der Waals surface area contributed by atoms with Crippen molar-refractivity contribution in [2.75, 3.05) is 0 Å². The van der Waals surface area contributed by atoms with Gasteiger partial charge < -0.3 is 4.81 Å². The molecule has 10 heavy (non-hydrogen) atoms. The number of hydrogen-bond acceptors (Lipinski definition) is 1. The summed E-state index contributed by atoms with van der Waals surface area (Å²) in [6, 6.07) is 0.279. The Morgan fingerprint density at radius 1 is 1.80 bits per heavy atom. The third kappa shape index (κ3) is 1.23. The van der Waals surface area contributed by atoms with Crippen LogP contribution in [0.2, 0.25) is 0 Å². The van der Waals surface area contributed by atoms with Gasteiger partial charge in [-0.2, -0.15) is 0 Å². The van der Waals surface area contributed by atoms with E-state index in [9.17, 15) is 4.79 Å². The van der Waals surface area contributed by atoms with Crippen molar-refractivity contribution in [3.8, 4) is 0 Å². The van der Waals surface area contributed by atoms with E-state index in [0.29, 0.717) is 6.42 Å². The fourth-order valence-corrected chi connectivity index (χ4v) is 1.29. The van der Waals surface area contributed by atoms with Crippen LogP contribution >= 0.6 is 0 Å². The Hall–Kier alpha value is -0.725. The van der Waals surface area contributed by atoms with E-state index in [-0.39, 0.29) is 11.9 Å². The van der Waals surface area contributed by atoms with Gasteiger partial charge in [0.1, 0.15) is 0 Å². The zero-order chi connectivity index (χ0) is 7.56. The molecule has 0 aliphatic carbocycles. The topological polar surface area (TPSA) is 20.3 Å². The van der Waals surface area contributed by atoms with Crippen LogP contribution in [0.5, 0.6) is 0 Å². The molecule has 0 radical (unpaired) electrons. The van der Waals surface area contributed by atoms with E-state index in [1.807, 2.05) is 14.1 Å². The van der Waals surface area contributed by atoms with Crippen LogP contribution in [-0.2, 0) is 4.79 Å². The van der Waals surface area contributed by atoms with E-state index in [2.05, 4.69) is 6.58 Å². The lowest BCUT2D eigenvalue weighted by molar-refractivity contribution is -0.129. The van der Waals surface area contributed by atoms with Gasteiger partial charge in [-0.05, 0) is 12.8 Å². The zero-order valence-electron chi connectivity index (χ0n) is 6.34. The average Bonchev–Trinajstić information content (AvgIpc) is 1.95. The molecule has 0 N–H and O–H groups in total. The summed E-state index contributed by atoms with van der Waals surface area (Å²) >= 11 is 0. The van der Waals surface area contributed by atoms with Gasteiger partial charge in [0.05, 0.1) is 0 Å². The minimum absolute atomic E-state index is 0.246. The summed E-state index contributed by atoms with van der Waals surface area (Å²) in [6.45, 7) is 3.68. The molecule has 1 atom stereocenters. The number of nitrogens with zero attached hydrogens (tertiary/aromatic N) is 1. The van der Waals surface area contributed by atoms with E-state index >= 15 is 0 Å². The molecule has 0 aromatic rings. The van der Waals surface area contributed by atoms with Gasteiger partial charge in [-0.1, -0.05) is 6.08 Å². The van der Waals surface area contributed by atoms with Gasteiger partial charge in [0.25, 0.3) is 0 Å². The molecule has 1 heterocycles. The maximum absolute atomic E-state index is 11.0. The minimum atomic E-state index is 0.246. The lowest BCUT2D eigenvalue weighted by Gasteiger charge is -2.30. The molecule has 1 fully saturated rings. The zero-order valence-corrected chi connectivity index (χ0v) is 6.34. The molecule has 3 heteroatoms. The molecule has 1 aliphatic heterocycles. The van der Waals surface area contributed by atoms with Crippen molar-refractivity contribution in [1.29, 1.82) is 0 Å². The third-order valence-electron chi connectivity index (χ3n) is 2.05. The van der Waals surface area contributed by atoms with Gasteiger partial charge in [0.2, 0.25) is 13.9 Å². The third-order valence-corrected chi connectivity index (χ3v) is 2.05. The van der Waals surface area contributed by atoms with Crippen molar-refractivity contribution in [2.24, 2.45) is 0 Å². The summed E-state index contributed by atoms with van der Waals surface area (Å²) in [7, 11) is 1.84. The SMILES string of the molecule is BN1C(=O)CCCC1C=C. The van der Waals surface area contributed by atoms with Crippen LogP contribution < -0.4 is 0 Å². The highest BCUT2D eigenvalue weighted by molar-refractivity contribution is 6.14. The van der Waals surface area contributed by atoms with Crippen LogP contribution in [-0.4, -0.2) is 24.7 Å². The van der Waals surface area contributed by atoms with Crippen molar-refractivity contribution in [2.45, 2.75) is 25.3 Å². The number of hydrogen-bond donors (Lipinski definition) is 0. The fourth-order valence-electron chi connectivity index (χ4n) is 1.29. The van der Waals surface area contributed by atoms with E-state index in [1.54, 1.807) is 4.81 Å². The standard InChI is InChI=1S/C7H12BNO/c1-2-6-4-3-5-7(10)9(6)8/h2,6H,1,3-5,8H2. The summed E-state index contributed by atoms with van der Waals surface area (Å²) in [5.41, 5.74) is 0. The van der Waals surface area contributed by atoms with E-state index in [4.69, 9.17) is 0 Å². The van der Waals surface area contributed by atoms with Crippen molar-refractivity contribution in [3.05, 3.63) is 12.7 Å². The summed E-state index contributed by atoms with van der Waals surface area (Å²) in [5, 5.41) is 0. The Balaban J connectivity index is 2.59. The van der Waals surface area contributed by atoms with Gasteiger partial charge in [-0.25, -0.2) is 0 Å². The monoisotopic (exact) mass is 137 g/mol. The Labute approximate surface area is 62.3 Å². The average molecular weight is 137 g/mol. The molecular weight excluding hydrogens is 125 g/mol. The van der Waals surface area contributed by atoms with E-state index in [0.717, 1.165) is 12.8 Å². The molecule has 54 valence electrons. The minimum Gasteiger partial charge on any atom is -0.388 e. The Bertz CT molecular complexity index is 158. The van der Waals surface area contributed by atoms with Crippen molar-refractivity contribution >= 4 is 13.9 Å². The largest absolute Gasteiger partial charge is 0.388 e. The first-order valence-electron chi connectivity index (χ1n) is 3.64. The molecule has 0 aromatic carbocycles. The first kappa shape index (κ1) is 7.38. The van der Waals surface area contributed by atoms with Gasteiger partial charge in [-0.15, -0.1) is 6.58 Å². The lowest BCUT2D eigenvalue weighted by atomic mass is 9.98. The maximum atomic E-state index is 11.0. The van der Waals surface area contributed by atoms with Gasteiger partial charge in [0, 0.05) is 12.5 Å². The van der Waals surface area contributed by atoms with Gasteiger partial charge >= 0.3 is 0 Å². The summed E-state index contributed by atoms with van der Waals surface area (Å²) in [6.07, 6.45) is 4.64. The van der Waals surface area contributed by atoms with Crippen LogP contribution in [0.1, 0.15) is 19.3 Å². The maximum Gasteiger partial charge on any atom is 0.221 e. The highest BCUT2D eigenvalue weighted by Gasteiger charge is 2.20. The highest BCUT2D eigenvalue weighted by Crippen LogP contribution is 2.15. The quantitative estimate of drug-likeness (QED) is 0.370. The number of amides is 1. The van der Waals surface area contributed by atoms with Crippen molar-refractivity contribution in [3.63, 3.8) is 0 Å². The Kier molecular flexibility index (Phi) is 2.15. The number of carbonyl (C=O) groups excluding carboxylic acids is 1. The van der Waals surface area contributed by atoms with E-state index < -0.39 is 0 Å². The predicted molar refractivity (Wildman–Crippen MR) is 43.2 cm³/mol. The highest BCUT2D eigenvalue weighted by atomic mass is 16.2. The summed E-state index contributed by atoms with van der Waals surface area (Å²) in [5.74, 6) is 0.246. The van der Waals surface area contributed by atoms with Crippen LogP contribution in [0.3, 0.4) is 0 Å². The molecule has 1 aliphatic rings. The summed E-state index contributed by atoms with van der Waals surface area (Å²) < 4.78 is 0. The molecule has 0 spiro atoms. The molecular formula is C7H12BNO. The Morgan fingerprint density at radius 2 is 2.50 bits per heavy atom. The first-order chi connectivity index (χ1) is 4.75. The number of carbonyl (C=O) groups is 1. The van der Waals surface area contributed by atoms with Gasteiger partial charge in [0.15, 0.2) is 0 Å². The van der Waals surface area contributed by atoms with Crippen LogP contribution in [0.15, 0.2) is 12.7 Å². The molecule has 0 bridgehead atoms. The Morgan fingerprint density at radius 3 is 3.00 bits per heavy atom. The number of rotatable bonds is 1. The van der Waals surface area contributed by atoms with Crippen LogP contribution in [0, 0.1) is 0 Å². The predicted octanol–water partition coefficient (Wildman–Crippen LogP) is 0.102. The van der Waals surface area contributed by atoms with Gasteiger partial charge in [-0.3, -0.25) is 4.79 Å². The molecule has 1 amide bonds. The first-order valence-corrected chi connectivity index (χ1v) is 3.64. The lowest BCUT2D eigenvalue weighted by Crippen LogP contribution is -2.40. The molecule has 2 nitrogen and oxygen atoms in total. The fraction of sp³-hybridized carbons (Fsp3) is 0.571. The smallest absolute Gasteiger partial charge is 0.221 e. The second kappa shape index (κ2) is 2.91. The summed E-state index contributed by atoms with van der Waals surface area (Å²) in [4.78, 5) is 12.8.